The number of carbonyl (C=O) groups excluding carboxylic acids is 1. The Morgan fingerprint density at radius 3 is 2.23 bits per heavy atom. The first-order valence-corrected chi connectivity index (χ1v) is 12.2. The fourth-order valence-corrected chi connectivity index (χ4v) is 4.64. The Morgan fingerprint density at radius 1 is 0.871 bits per heavy atom. The van der Waals surface area contributed by atoms with Gasteiger partial charge in [0.1, 0.15) is 5.78 Å². The minimum absolute atomic E-state index is 0.0292. The van der Waals surface area contributed by atoms with E-state index in [1.807, 2.05) is 31.2 Å². The number of carbonyl (C=O) groups is 1. The van der Waals surface area contributed by atoms with Crippen molar-refractivity contribution in [1.29, 1.82) is 0 Å². The first-order valence-electron chi connectivity index (χ1n) is 9.72. The summed E-state index contributed by atoms with van der Waals surface area (Å²) >= 11 is 11.9. The summed E-state index contributed by atoms with van der Waals surface area (Å²) in [5.74, 6) is -0.190. The molecule has 0 fully saturated rings. The number of hydrogen-bond acceptors (Lipinski definition) is 3. The van der Waals surface area contributed by atoms with Gasteiger partial charge in [-0.1, -0.05) is 83.4 Å². The highest BCUT2D eigenvalue weighted by Gasteiger charge is 2.14. The second kappa shape index (κ2) is 10.3. The van der Waals surface area contributed by atoms with Gasteiger partial charge in [-0.2, -0.15) is 0 Å². The second-order valence-electron chi connectivity index (χ2n) is 7.43. The molecular formula is C25H22Cl2O3S. The number of ketones is 1. The van der Waals surface area contributed by atoms with Crippen LogP contribution in [0, 0.1) is 6.92 Å². The van der Waals surface area contributed by atoms with Crippen molar-refractivity contribution in [2.45, 2.75) is 25.5 Å². The van der Waals surface area contributed by atoms with Crippen LogP contribution >= 0.6 is 23.2 Å². The van der Waals surface area contributed by atoms with Crippen LogP contribution in [0.2, 0.25) is 10.0 Å². The standard InChI is InChI=1S/C25H22Cl2O3S/c1-18-6-8-19(9-7-18)12-13-31(29,30)17-22-5-3-2-4-21(22)16-23(28)14-20-10-11-24(26)25(27)15-20/h2-13,15H,14,16-17H2,1H3/b13-12+. The van der Waals surface area contributed by atoms with Gasteiger partial charge in [0.25, 0.3) is 0 Å². The molecule has 0 aliphatic heterocycles. The van der Waals surface area contributed by atoms with Crippen LogP contribution in [-0.4, -0.2) is 14.2 Å². The summed E-state index contributed by atoms with van der Waals surface area (Å²) in [6.45, 7) is 1.98. The fourth-order valence-electron chi connectivity index (χ4n) is 3.15. The van der Waals surface area contributed by atoms with E-state index in [1.54, 1.807) is 48.5 Å². The summed E-state index contributed by atoms with van der Waals surface area (Å²) in [4.78, 5) is 12.6. The Labute approximate surface area is 193 Å². The molecule has 0 unspecified atom stereocenters. The van der Waals surface area contributed by atoms with Gasteiger partial charge in [0, 0.05) is 18.2 Å². The van der Waals surface area contributed by atoms with Crippen LogP contribution in [0.3, 0.4) is 0 Å². The highest BCUT2D eigenvalue weighted by Crippen LogP contribution is 2.23. The maximum absolute atomic E-state index is 12.6. The third-order valence-electron chi connectivity index (χ3n) is 4.79. The molecule has 3 nitrogen and oxygen atoms in total. The summed E-state index contributed by atoms with van der Waals surface area (Å²) in [5, 5.41) is 2.07. The number of rotatable bonds is 8. The Balaban J connectivity index is 1.71. The molecule has 0 saturated carbocycles. The topological polar surface area (TPSA) is 51.2 Å². The molecule has 3 aromatic rings. The molecule has 160 valence electrons. The van der Waals surface area contributed by atoms with E-state index >= 15 is 0 Å². The molecule has 6 heteroatoms. The molecule has 0 amide bonds. The maximum Gasteiger partial charge on any atom is 0.175 e. The van der Waals surface area contributed by atoms with Gasteiger partial charge in [0.15, 0.2) is 9.84 Å². The first kappa shape index (κ1) is 23.3. The summed E-state index contributed by atoms with van der Waals surface area (Å²) in [6.07, 6.45) is 1.94. The van der Waals surface area contributed by atoms with Crippen molar-refractivity contribution in [2.24, 2.45) is 0 Å². The van der Waals surface area contributed by atoms with Crippen LogP contribution in [0.25, 0.3) is 6.08 Å². The van der Waals surface area contributed by atoms with Gasteiger partial charge in [-0.3, -0.25) is 4.79 Å². The van der Waals surface area contributed by atoms with E-state index in [9.17, 15) is 13.2 Å². The Morgan fingerprint density at radius 2 is 1.55 bits per heavy atom. The summed E-state index contributed by atoms with van der Waals surface area (Å²) in [7, 11) is -3.49. The molecule has 0 spiro atoms. The zero-order valence-corrected chi connectivity index (χ0v) is 19.3. The van der Waals surface area contributed by atoms with E-state index < -0.39 is 9.84 Å². The number of benzene rings is 3. The van der Waals surface area contributed by atoms with Gasteiger partial charge in [0.05, 0.1) is 15.8 Å². The lowest BCUT2D eigenvalue weighted by atomic mass is 9.99. The van der Waals surface area contributed by atoms with Crippen LogP contribution in [0.15, 0.2) is 72.1 Å². The van der Waals surface area contributed by atoms with Crippen LogP contribution in [0.5, 0.6) is 0 Å². The highest BCUT2D eigenvalue weighted by molar-refractivity contribution is 7.93. The Bertz CT molecular complexity index is 1210. The normalized spacial score (nSPS) is 11.7. The smallest absolute Gasteiger partial charge is 0.175 e. The molecule has 0 N–H and O–H groups in total. The molecule has 0 saturated heterocycles. The molecule has 0 atom stereocenters. The van der Waals surface area contributed by atoms with E-state index in [1.165, 1.54) is 5.41 Å². The van der Waals surface area contributed by atoms with Gasteiger partial charge < -0.3 is 0 Å². The van der Waals surface area contributed by atoms with Crippen molar-refractivity contribution in [3.8, 4) is 0 Å². The first-order chi connectivity index (χ1) is 14.7. The van der Waals surface area contributed by atoms with E-state index in [4.69, 9.17) is 23.2 Å². The molecule has 0 aliphatic carbocycles. The molecule has 0 aliphatic rings. The lowest BCUT2D eigenvalue weighted by Crippen LogP contribution is -2.10. The molecular weight excluding hydrogens is 451 g/mol. The van der Waals surface area contributed by atoms with Crippen LogP contribution < -0.4 is 0 Å². The molecule has 31 heavy (non-hydrogen) atoms. The highest BCUT2D eigenvalue weighted by atomic mass is 35.5. The molecule has 3 aromatic carbocycles. The van der Waals surface area contributed by atoms with Gasteiger partial charge in [-0.15, -0.1) is 0 Å². The number of hydrogen-bond donors (Lipinski definition) is 0. The van der Waals surface area contributed by atoms with Gasteiger partial charge in [-0.25, -0.2) is 8.42 Å². The van der Waals surface area contributed by atoms with E-state index in [-0.39, 0.29) is 24.4 Å². The maximum atomic E-state index is 12.6. The Kier molecular flexibility index (Phi) is 7.71. The molecule has 3 rings (SSSR count). The van der Waals surface area contributed by atoms with Crippen LogP contribution in [0.4, 0.5) is 0 Å². The SMILES string of the molecule is Cc1ccc(/C=C/S(=O)(=O)Cc2ccccc2CC(=O)Cc2ccc(Cl)c(Cl)c2)cc1. The van der Waals surface area contributed by atoms with Crippen molar-refractivity contribution in [3.05, 3.63) is 110 Å². The monoisotopic (exact) mass is 472 g/mol. The molecule has 0 heterocycles. The van der Waals surface area contributed by atoms with E-state index in [0.29, 0.717) is 21.2 Å². The van der Waals surface area contributed by atoms with Crippen LogP contribution in [0.1, 0.15) is 27.8 Å². The Hall–Kier alpha value is -2.40. The lowest BCUT2D eigenvalue weighted by Gasteiger charge is -2.09. The van der Waals surface area contributed by atoms with Crippen molar-refractivity contribution >= 4 is 44.9 Å². The van der Waals surface area contributed by atoms with Gasteiger partial charge >= 0.3 is 0 Å². The fraction of sp³-hybridized carbons (Fsp3) is 0.160. The zero-order chi connectivity index (χ0) is 22.4. The van der Waals surface area contributed by atoms with Crippen LogP contribution in [-0.2, 0) is 33.2 Å². The molecule has 0 radical (unpaired) electrons. The predicted molar refractivity (Wildman–Crippen MR) is 128 cm³/mol. The van der Waals surface area contributed by atoms with Gasteiger partial charge in [0.2, 0.25) is 0 Å². The van der Waals surface area contributed by atoms with E-state index in [2.05, 4.69) is 0 Å². The largest absolute Gasteiger partial charge is 0.299 e. The average molecular weight is 473 g/mol. The minimum atomic E-state index is -3.49. The average Bonchev–Trinajstić information content (AvgIpc) is 2.72. The molecule has 0 bridgehead atoms. The van der Waals surface area contributed by atoms with Crippen molar-refractivity contribution in [3.63, 3.8) is 0 Å². The number of aryl methyl sites for hydroxylation is 1. The third kappa shape index (κ3) is 7.06. The number of halogens is 2. The zero-order valence-electron chi connectivity index (χ0n) is 17.0. The summed E-state index contributed by atoms with van der Waals surface area (Å²) in [6, 6.07) is 19.8. The second-order valence-corrected chi connectivity index (χ2v) is 10.1. The van der Waals surface area contributed by atoms with Crippen molar-refractivity contribution in [1.82, 2.24) is 0 Å². The van der Waals surface area contributed by atoms with Crippen molar-refractivity contribution in [2.75, 3.05) is 0 Å². The third-order valence-corrected chi connectivity index (χ3v) is 6.80. The quantitative estimate of drug-likeness (QED) is 0.389. The summed E-state index contributed by atoms with van der Waals surface area (Å²) < 4.78 is 25.3. The summed E-state index contributed by atoms with van der Waals surface area (Å²) in [5.41, 5.74) is 4.03. The van der Waals surface area contributed by atoms with Gasteiger partial charge in [-0.05, 0) is 47.4 Å². The van der Waals surface area contributed by atoms with Crippen molar-refractivity contribution < 1.29 is 13.2 Å². The van der Waals surface area contributed by atoms with E-state index in [0.717, 1.165) is 16.7 Å². The minimum Gasteiger partial charge on any atom is -0.299 e. The number of Topliss-reactive ketones (excluding diaryl/α,β-unsaturated/α-hetero) is 1. The lowest BCUT2D eigenvalue weighted by molar-refractivity contribution is -0.117. The number of sulfone groups is 1. The predicted octanol–water partition coefficient (Wildman–Crippen LogP) is 6.24. The molecule has 0 aromatic heterocycles.